The molecule has 0 N–H and O–H groups in total. The normalized spacial score (nSPS) is 14.1. The van der Waals surface area contributed by atoms with E-state index in [-0.39, 0.29) is 8.96 Å². The van der Waals surface area contributed by atoms with E-state index in [9.17, 15) is 23.2 Å². The predicted molar refractivity (Wildman–Crippen MR) is 121 cm³/mol. The quantitative estimate of drug-likeness (QED) is 0.303. The summed E-state index contributed by atoms with van der Waals surface area (Å²) in [5.41, 5.74) is 0.289. The maximum atomic E-state index is 13.7. The highest BCUT2D eigenvalue weighted by Gasteiger charge is 2.48. The number of ether oxygens (including phenoxy) is 2. The third-order valence-electron chi connectivity index (χ3n) is 4.55. The molecule has 0 aliphatic carbocycles. The zero-order valence-corrected chi connectivity index (χ0v) is 20.3. The van der Waals surface area contributed by atoms with E-state index in [0.29, 0.717) is 11.5 Å². The number of carbonyl (C=O) groups is 1. The minimum absolute atomic E-state index is 0.0633. The number of alkyl halides is 3. The number of para-hydroxylation sites is 1. The number of hydrogen-bond acceptors (Lipinski definition) is 4. The second-order valence-corrected chi connectivity index (χ2v) is 10.00. The molecule has 0 saturated carbocycles. The molecule has 170 valence electrons. The van der Waals surface area contributed by atoms with Gasteiger partial charge in [-0.1, -0.05) is 50.3 Å². The lowest BCUT2D eigenvalue weighted by molar-refractivity contribution is -0.192. The Labute approximate surface area is 201 Å². The van der Waals surface area contributed by atoms with Crippen LogP contribution in [0.1, 0.15) is 25.5 Å². The van der Waals surface area contributed by atoms with Gasteiger partial charge in [0.1, 0.15) is 17.6 Å². The number of esters is 1. The van der Waals surface area contributed by atoms with Crippen molar-refractivity contribution in [1.29, 1.82) is 5.26 Å². The van der Waals surface area contributed by atoms with Crippen molar-refractivity contribution in [3.8, 4) is 17.6 Å². The number of rotatable bonds is 8. The van der Waals surface area contributed by atoms with E-state index < -0.39 is 36.0 Å². The molecule has 9 heteroatoms. The van der Waals surface area contributed by atoms with E-state index in [4.69, 9.17) is 9.47 Å². The van der Waals surface area contributed by atoms with Gasteiger partial charge in [-0.15, -0.1) is 0 Å². The number of benzene rings is 2. The van der Waals surface area contributed by atoms with Crippen LogP contribution >= 0.6 is 31.9 Å². The Bertz CT molecular complexity index is 984. The van der Waals surface area contributed by atoms with Crippen molar-refractivity contribution in [3.63, 3.8) is 0 Å². The van der Waals surface area contributed by atoms with Crippen LogP contribution in [-0.2, 0) is 9.53 Å². The van der Waals surface area contributed by atoms with Gasteiger partial charge in [0.25, 0.3) is 0 Å². The number of carbonyl (C=O) groups excluding carboxylic acids is 1. The first-order valence-electron chi connectivity index (χ1n) is 9.55. The van der Waals surface area contributed by atoms with Gasteiger partial charge in [0, 0.05) is 5.56 Å². The smallest absolute Gasteiger partial charge is 0.396 e. The molecule has 0 fully saturated rings. The first-order valence-corrected chi connectivity index (χ1v) is 11.1. The van der Waals surface area contributed by atoms with E-state index in [1.165, 1.54) is 19.9 Å². The van der Waals surface area contributed by atoms with Crippen molar-refractivity contribution in [2.24, 2.45) is 17.8 Å². The molecule has 0 bridgehead atoms. The van der Waals surface area contributed by atoms with Crippen LogP contribution in [0.4, 0.5) is 13.2 Å². The maximum Gasteiger partial charge on any atom is 0.396 e. The molecule has 0 heterocycles. The average Bonchev–Trinajstić information content (AvgIpc) is 2.71. The predicted octanol–water partition coefficient (Wildman–Crippen LogP) is 7.67. The van der Waals surface area contributed by atoms with Gasteiger partial charge in [0.05, 0.1) is 15.2 Å². The van der Waals surface area contributed by atoms with E-state index in [1.807, 2.05) is 12.1 Å². The second kappa shape index (κ2) is 11.5. The molecule has 0 amide bonds. The number of nitriles is 1. The van der Waals surface area contributed by atoms with Gasteiger partial charge in [0.2, 0.25) is 6.10 Å². The Morgan fingerprint density at radius 2 is 1.69 bits per heavy atom. The summed E-state index contributed by atoms with van der Waals surface area (Å²) in [6, 6.07) is 17.1. The number of nitrogens with zero attached hydrogens (tertiary/aromatic N) is 1. The molecular weight excluding hydrogens is 555 g/mol. The van der Waals surface area contributed by atoms with Crippen LogP contribution in [0.3, 0.4) is 0 Å². The zero-order valence-electron chi connectivity index (χ0n) is 17.1. The molecule has 0 aliphatic heterocycles. The van der Waals surface area contributed by atoms with Crippen LogP contribution in [0.25, 0.3) is 0 Å². The van der Waals surface area contributed by atoms with Crippen molar-refractivity contribution in [1.82, 2.24) is 0 Å². The monoisotopic (exact) mass is 573 g/mol. The summed E-state index contributed by atoms with van der Waals surface area (Å²) in [6.07, 6.45) is -5.22. The summed E-state index contributed by atoms with van der Waals surface area (Å²) in [4.78, 5) is 12.8. The maximum absolute atomic E-state index is 13.7. The van der Waals surface area contributed by atoms with E-state index in [0.717, 1.165) is 6.08 Å². The third kappa shape index (κ3) is 7.38. The third-order valence-corrected chi connectivity index (χ3v) is 5.08. The largest absolute Gasteiger partial charge is 0.457 e. The highest BCUT2D eigenvalue weighted by Crippen LogP contribution is 2.40. The van der Waals surface area contributed by atoms with Gasteiger partial charge in [-0.2, -0.15) is 18.4 Å². The van der Waals surface area contributed by atoms with Gasteiger partial charge in [-0.05, 0) is 62.0 Å². The van der Waals surface area contributed by atoms with E-state index in [1.54, 1.807) is 42.5 Å². The summed E-state index contributed by atoms with van der Waals surface area (Å²) in [5, 5.41) is 9.56. The summed E-state index contributed by atoms with van der Waals surface area (Å²) >= 11 is 5.86. The van der Waals surface area contributed by atoms with Crippen molar-refractivity contribution in [2.75, 3.05) is 0 Å². The van der Waals surface area contributed by atoms with Gasteiger partial charge in [-0.25, -0.2) is 0 Å². The van der Waals surface area contributed by atoms with Crippen LogP contribution in [0, 0.1) is 29.1 Å². The van der Waals surface area contributed by atoms with Gasteiger partial charge >= 0.3 is 12.1 Å². The van der Waals surface area contributed by atoms with Crippen LogP contribution in [0.5, 0.6) is 11.5 Å². The SMILES string of the molecule is CC(C)C(C(=O)OC(C#N)c1cccc(Oc2ccccc2)c1)C(C=C(Br)Br)C(F)(F)F. The minimum atomic E-state index is -4.69. The molecule has 32 heavy (non-hydrogen) atoms. The molecule has 0 saturated heterocycles. The molecule has 4 nitrogen and oxygen atoms in total. The van der Waals surface area contributed by atoms with Gasteiger partial charge < -0.3 is 9.47 Å². The second-order valence-electron chi connectivity index (χ2n) is 7.23. The van der Waals surface area contributed by atoms with Gasteiger partial charge in [0.15, 0.2) is 0 Å². The number of allylic oxidation sites excluding steroid dienone is 1. The Balaban J connectivity index is 2.28. The fraction of sp³-hybridized carbons (Fsp3) is 0.304. The molecule has 0 aromatic heterocycles. The minimum Gasteiger partial charge on any atom is -0.457 e. The molecule has 3 atom stereocenters. The fourth-order valence-electron chi connectivity index (χ4n) is 3.10. The van der Waals surface area contributed by atoms with Crippen LogP contribution in [0.15, 0.2) is 64.1 Å². The van der Waals surface area contributed by atoms with Crippen molar-refractivity contribution >= 4 is 37.8 Å². The first-order chi connectivity index (χ1) is 15.0. The molecule has 0 spiro atoms. The van der Waals surface area contributed by atoms with Crippen LogP contribution in [-0.4, -0.2) is 12.1 Å². The number of hydrogen-bond donors (Lipinski definition) is 0. The molecule has 2 aromatic rings. The Morgan fingerprint density at radius 3 is 2.22 bits per heavy atom. The van der Waals surface area contributed by atoms with E-state index >= 15 is 0 Å². The molecular formula is C23H20Br2F3NO3. The van der Waals surface area contributed by atoms with Crippen molar-refractivity contribution in [2.45, 2.75) is 26.1 Å². The Hall–Kier alpha value is -2.31. The fourth-order valence-corrected chi connectivity index (χ4v) is 3.67. The highest BCUT2D eigenvalue weighted by molar-refractivity contribution is 9.28. The summed E-state index contributed by atoms with van der Waals surface area (Å²) in [7, 11) is 0. The lowest BCUT2D eigenvalue weighted by Crippen LogP contribution is -2.38. The average molecular weight is 575 g/mol. The number of halogens is 5. The molecule has 0 radical (unpaired) electrons. The molecule has 3 unspecified atom stereocenters. The van der Waals surface area contributed by atoms with Crippen molar-refractivity contribution < 1.29 is 27.4 Å². The topological polar surface area (TPSA) is 59.3 Å². The summed E-state index contributed by atoms with van der Waals surface area (Å²) in [5.74, 6) is -4.49. The Kier molecular flexibility index (Phi) is 9.34. The summed E-state index contributed by atoms with van der Waals surface area (Å²) < 4.78 is 52.1. The van der Waals surface area contributed by atoms with Gasteiger partial charge in [-0.3, -0.25) is 4.79 Å². The highest BCUT2D eigenvalue weighted by atomic mass is 79.9. The zero-order chi connectivity index (χ0) is 23.9. The first kappa shape index (κ1) is 25.9. The standard InChI is InChI=1S/C23H20Br2F3NO3/c1-14(2)21(18(12-20(24)25)23(26,27)28)22(30)32-19(13-29)15-7-6-10-17(11-15)31-16-8-4-3-5-9-16/h3-12,14,18-19,21H,1-2H3. The summed E-state index contributed by atoms with van der Waals surface area (Å²) in [6.45, 7) is 2.99. The molecule has 2 aromatic carbocycles. The lowest BCUT2D eigenvalue weighted by atomic mass is 9.83. The lowest BCUT2D eigenvalue weighted by Gasteiger charge is -2.29. The van der Waals surface area contributed by atoms with Crippen molar-refractivity contribution in [3.05, 3.63) is 69.6 Å². The molecule has 2 rings (SSSR count). The molecule has 0 aliphatic rings. The Morgan fingerprint density at radius 1 is 1.06 bits per heavy atom. The van der Waals surface area contributed by atoms with E-state index in [2.05, 4.69) is 31.9 Å². The van der Waals surface area contributed by atoms with Crippen LogP contribution in [0.2, 0.25) is 0 Å². The van der Waals surface area contributed by atoms with Crippen LogP contribution < -0.4 is 4.74 Å².